The Balaban J connectivity index is 1.60. The minimum absolute atomic E-state index is 0.0194. The predicted octanol–water partition coefficient (Wildman–Crippen LogP) is -2.57. The number of ether oxygens (including phenoxy) is 5. The molecule has 3 fully saturated rings. The SMILES string of the molecule is CC(O)COC#C[C@@H]1O[C@@H](O)[C@@H](O)CC1O[C@@H]1O[C@H]2CC(OCC(C)O)[C@@H]2[C@@H](O)[C@@H]1O. The van der Waals surface area contributed by atoms with Crippen molar-refractivity contribution in [1.29, 1.82) is 0 Å². The van der Waals surface area contributed by atoms with Crippen LogP contribution < -0.4 is 0 Å². The Morgan fingerprint density at radius 3 is 2.32 bits per heavy atom. The zero-order valence-electron chi connectivity index (χ0n) is 17.5. The van der Waals surface area contributed by atoms with E-state index in [1.165, 1.54) is 6.92 Å². The van der Waals surface area contributed by atoms with Gasteiger partial charge >= 0.3 is 0 Å². The van der Waals surface area contributed by atoms with E-state index in [2.05, 4.69) is 12.0 Å². The van der Waals surface area contributed by atoms with Gasteiger partial charge in [0.2, 0.25) is 0 Å². The molecule has 2 heterocycles. The lowest BCUT2D eigenvalue weighted by Crippen LogP contribution is -2.66. The molecule has 2 aliphatic heterocycles. The van der Waals surface area contributed by atoms with Crippen molar-refractivity contribution >= 4 is 0 Å². The molecule has 0 aromatic heterocycles. The van der Waals surface area contributed by atoms with E-state index in [-0.39, 0.29) is 25.7 Å². The van der Waals surface area contributed by atoms with E-state index < -0.39 is 67.3 Å². The minimum atomic E-state index is -1.47. The molecular weight excluding hydrogens is 416 g/mol. The van der Waals surface area contributed by atoms with Crippen LogP contribution in [0.25, 0.3) is 0 Å². The summed E-state index contributed by atoms with van der Waals surface area (Å²) in [4.78, 5) is 0. The van der Waals surface area contributed by atoms with Crippen molar-refractivity contribution in [2.45, 2.75) is 94.2 Å². The van der Waals surface area contributed by atoms with Gasteiger partial charge in [-0.1, -0.05) is 0 Å². The second-order valence-corrected chi connectivity index (χ2v) is 8.39. The first-order valence-corrected chi connectivity index (χ1v) is 10.5. The number of hydrogen-bond donors (Lipinski definition) is 6. The second kappa shape index (κ2) is 10.7. The van der Waals surface area contributed by atoms with Crippen molar-refractivity contribution in [2.24, 2.45) is 5.92 Å². The first kappa shape index (κ1) is 24.6. The van der Waals surface area contributed by atoms with Crippen LogP contribution in [0, 0.1) is 17.9 Å². The van der Waals surface area contributed by atoms with Crippen LogP contribution in [0.4, 0.5) is 0 Å². The molecule has 0 bridgehead atoms. The van der Waals surface area contributed by atoms with Crippen LogP contribution in [-0.2, 0) is 23.7 Å². The smallest absolute Gasteiger partial charge is 0.186 e. The largest absolute Gasteiger partial charge is 0.444 e. The van der Waals surface area contributed by atoms with Crippen molar-refractivity contribution in [3.63, 3.8) is 0 Å². The Bertz CT molecular complexity index is 632. The standard InChI is InChI=1S/C20H32O11/c1-9(21)7-27-4-3-12-13(5-11(23)19(26)29-12)30-20-18(25)17(24)16-14(6-15(16)31-20)28-8-10(2)22/h9-26H,5-8H2,1-2H3/t9?,10?,11-,12-,13?,14?,15-,16-,17+,18-,19+,20+/m0/s1. The highest BCUT2D eigenvalue weighted by Gasteiger charge is 2.56. The highest BCUT2D eigenvalue weighted by atomic mass is 16.7. The van der Waals surface area contributed by atoms with Gasteiger partial charge in [-0.25, -0.2) is 0 Å². The molecule has 1 saturated carbocycles. The highest BCUT2D eigenvalue weighted by Crippen LogP contribution is 2.43. The summed E-state index contributed by atoms with van der Waals surface area (Å²) in [6.07, 6.45) is -7.65. The van der Waals surface area contributed by atoms with Crippen molar-refractivity contribution in [3.05, 3.63) is 0 Å². The van der Waals surface area contributed by atoms with Crippen LogP contribution >= 0.6 is 0 Å². The number of rotatable bonds is 7. The third-order valence-corrected chi connectivity index (χ3v) is 5.54. The Kier molecular flexibility index (Phi) is 8.51. The fraction of sp³-hybridized carbons (Fsp3) is 0.900. The molecule has 11 heteroatoms. The molecule has 0 aromatic rings. The summed E-state index contributed by atoms with van der Waals surface area (Å²) < 4.78 is 27.4. The van der Waals surface area contributed by atoms with Gasteiger partial charge in [-0.3, -0.25) is 0 Å². The van der Waals surface area contributed by atoms with E-state index in [0.717, 1.165) is 0 Å². The van der Waals surface area contributed by atoms with Crippen molar-refractivity contribution in [3.8, 4) is 12.0 Å². The van der Waals surface area contributed by atoms with E-state index in [0.29, 0.717) is 6.42 Å². The number of hydrogen-bond acceptors (Lipinski definition) is 11. The summed E-state index contributed by atoms with van der Waals surface area (Å²) >= 11 is 0. The summed E-state index contributed by atoms with van der Waals surface area (Å²) in [7, 11) is 0. The van der Waals surface area contributed by atoms with E-state index in [9.17, 15) is 30.6 Å². The molecule has 178 valence electrons. The van der Waals surface area contributed by atoms with Gasteiger partial charge in [0.15, 0.2) is 18.7 Å². The molecule has 0 amide bonds. The third-order valence-electron chi connectivity index (χ3n) is 5.54. The molecule has 1 aliphatic carbocycles. The van der Waals surface area contributed by atoms with Gasteiger partial charge in [0, 0.05) is 18.8 Å². The molecule has 0 spiro atoms. The summed E-state index contributed by atoms with van der Waals surface area (Å²) in [5, 5.41) is 59.4. The average Bonchev–Trinajstić information content (AvgIpc) is 2.67. The third kappa shape index (κ3) is 6.06. The van der Waals surface area contributed by atoms with Gasteiger partial charge in [-0.15, -0.1) is 0 Å². The van der Waals surface area contributed by atoms with Crippen LogP contribution in [0.15, 0.2) is 0 Å². The van der Waals surface area contributed by atoms with Gasteiger partial charge in [-0.2, -0.15) is 0 Å². The topological polar surface area (TPSA) is 168 Å². The fourth-order valence-corrected chi connectivity index (χ4v) is 3.86. The normalized spacial score (nSPS) is 44.3. The quantitative estimate of drug-likeness (QED) is 0.227. The molecule has 0 aromatic carbocycles. The van der Waals surface area contributed by atoms with Gasteiger partial charge < -0.3 is 54.3 Å². The molecule has 3 rings (SSSR count). The lowest BCUT2D eigenvalue weighted by atomic mass is 9.71. The summed E-state index contributed by atoms with van der Waals surface area (Å²) in [6.45, 7) is 3.23. The fourth-order valence-electron chi connectivity index (χ4n) is 3.86. The molecule has 11 nitrogen and oxygen atoms in total. The molecule has 2 saturated heterocycles. The van der Waals surface area contributed by atoms with Gasteiger partial charge in [0.1, 0.15) is 31.0 Å². The molecule has 0 radical (unpaired) electrons. The first-order chi connectivity index (χ1) is 14.7. The van der Waals surface area contributed by atoms with Crippen LogP contribution in [0.2, 0.25) is 0 Å². The highest BCUT2D eigenvalue weighted by molar-refractivity contribution is 5.07. The van der Waals surface area contributed by atoms with Crippen LogP contribution in [-0.4, -0.2) is 111 Å². The zero-order valence-corrected chi connectivity index (χ0v) is 17.5. The van der Waals surface area contributed by atoms with E-state index >= 15 is 0 Å². The molecular formula is C20H32O11. The summed E-state index contributed by atoms with van der Waals surface area (Å²) in [5.41, 5.74) is 0. The molecule has 3 aliphatic rings. The van der Waals surface area contributed by atoms with E-state index in [1.54, 1.807) is 6.92 Å². The van der Waals surface area contributed by atoms with Gasteiger partial charge in [0.05, 0.1) is 37.1 Å². The molecule has 4 unspecified atom stereocenters. The van der Waals surface area contributed by atoms with Gasteiger partial charge in [-0.05, 0) is 19.8 Å². The molecule has 12 atom stereocenters. The maximum Gasteiger partial charge on any atom is 0.186 e. The predicted molar refractivity (Wildman–Crippen MR) is 102 cm³/mol. The molecule has 31 heavy (non-hydrogen) atoms. The lowest BCUT2D eigenvalue weighted by Gasteiger charge is -2.53. The summed E-state index contributed by atoms with van der Waals surface area (Å²) in [5.74, 6) is 2.17. The van der Waals surface area contributed by atoms with E-state index in [4.69, 9.17) is 23.7 Å². The Hall–Kier alpha value is -1.04. The zero-order chi connectivity index (χ0) is 22.7. The second-order valence-electron chi connectivity index (χ2n) is 8.39. The maximum absolute atomic E-state index is 10.5. The van der Waals surface area contributed by atoms with Crippen LogP contribution in [0.5, 0.6) is 0 Å². The Morgan fingerprint density at radius 2 is 1.65 bits per heavy atom. The minimum Gasteiger partial charge on any atom is -0.444 e. The number of aliphatic hydroxyl groups is 6. The van der Waals surface area contributed by atoms with Crippen molar-refractivity contribution in [1.82, 2.24) is 0 Å². The average molecular weight is 448 g/mol. The first-order valence-electron chi connectivity index (χ1n) is 10.5. The van der Waals surface area contributed by atoms with Crippen LogP contribution in [0.3, 0.4) is 0 Å². The maximum atomic E-state index is 10.5. The summed E-state index contributed by atoms with van der Waals surface area (Å²) in [6, 6.07) is 0. The van der Waals surface area contributed by atoms with Crippen LogP contribution in [0.1, 0.15) is 26.7 Å². The monoisotopic (exact) mass is 448 g/mol. The van der Waals surface area contributed by atoms with Crippen molar-refractivity contribution < 1.29 is 54.3 Å². The molecule has 6 N–H and O–H groups in total. The number of aliphatic hydroxyl groups excluding tert-OH is 6. The number of fused-ring (bicyclic) bond motifs is 1. The Labute approximate surface area is 180 Å². The van der Waals surface area contributed by atoms with Crippen molar-refractivity contribution in [2.75, 3.05) is 13.2 Å². The van der Waals surface area contributed by atoms with Gasteiger partial charge in [0.25, 0.3) is 0 Å². The Morgan fingerprint density at radius 1 is 0.935 bits per heavy atom. The van der Waals surface area contributed by atoms with E-state index in [1.807, 2.05) is 0 Å². The lowest BCUT2D eigenvalue weighted by molar-refractivity contribution is -0.352.